The molecule has 0 atom stereocenters. The van der Waals surface area contributed by atoms with Crippen molar-refractivity contribution in [2.24, 2.45) is 7.05 Å². The monoisotopic (exact) mass is 378 g/mol. The molecule has 0 fully saturated rings. The number of rotatable bonds is 7. The Labute approximate surface area is 162 Å². The summed E-state index contributed by atoms with van der Waals surface area (Å²) in [7, 11) is 2.08. The van der Waals surface area contributed by atoms with Crippen molar-refractivity contribution in [3.05, 3.63) is 59.9 Å². The SMILES string of the molecule is CCOc1csc(-c2cc(NCCc3ccc4ccn(C)c4c3)ncn2)c1. The third-order valence-corrected chi connectivity index (χ3v) is 5.41. The highest BCUT2D eigenvalue weighted by molar-refractivity contribution is 7.13. The first-order valence-corrected chi connectivity index (χ1v) is 9.92. The van der Waals surface area contributed by atoms with Gasteiger partial charge in [0.15, 0.2) is 0 Å². The summed E-state index contributed by atoms with van der Waals surface area (Å²) in [6.07, 6.45) is 4.64. The fourth-order valence-electron chi connectivity index (χ4n) is 3.08. The van der Waals surface area contributed by atoms with E-state index in [-0.39, 0.29) is 0 Å². The number of aryl methyl sites for hydroxylation is 1. The number of anilines is 1. The summed E-state index contributed by atoms with van der Waals surface area (Å²) in [4.78, 5) is 9.81. The Morgan fingerprint density at radius 1 is 1.15 bits per heavy atom. The minimum Gasteiger partial charge on any atom is -0.493 e. The van der Waals surface area contributed by atoms with Crippen LogP contribution in [0, 0.1) is 0 Å². The normalized spacial score (nSPS) is 11.0. The Morgan fingerprint density at radius 2 is 2.07 bits per heavy atom. The van der Waals surface area contributed by atoms with E-state index in [1.165, 1.54) is 16.5 Å². The first kappa shape index (κ1) is 17.5. The standard InChI is InChI=1S/C21H22N4OS/c1-3-26-17-11-20(27-13-17)18-12-21(24-14-23-18)22-8-6-15-4-5-16-7-9-25(2)19(16)10-15/h4-5,7,9-14H,3,6,8H2,1-2H3,(H,22,23,24). The lowest BCUT2D eigenvalue weighted by Crippen LogP contribution is -2.06. The van der Waals surface area contributed by atoms with Crippen molar-refractivity contribution in [2.45, 2.75) is 13.3 Å². The number of benzene rings is 1. The van der Waals surface area contributed by atoms with Crippen molar-refractivity contribution in [3.8, 4) is 16.3 Å². The van der Waals surface area contributed by atoms with Gasteiger partial charge in [-0.05, 0) is 36.4 Å². The molecule has 6 heteroatoms. The molecule has 0 unspecified atom stereocenters. The molecule has 5 nitrogen and oxygen atoms in total. The molecule has 0 aliphatic heterocycles. The molecule has 0 radical (unpaired) electrons. The Balaban J connectivity index is 1.41. The molecular formula is C21H22N4OS. The van der Waals surface area contributed by atoms with Crippen LogP contribution in [0.4, 0.5) is 5.82 Å². The minimum absolute atomic E-state index is 0.668. The molecule has 27 heavy (non-hydrogen) atoms. The number of fused-ring (bicyclic) bond motifs is 1. The van der Waals surface area contributed by atoms with Crippen LogP contribution in [0.5, 0.6) is 5.75 Å². The van der Waals surface area contributed by atoms with Gasteiger partial charge in [0, 0.05) is 42.8 Å². The zero-order valence-corrected chi connectivity index (χ0v) is 16.3. The van der Waals surface area contributed by atoms with Crippen LogP contribution in [0.25, 0.3) is 21.5 Å². The van der Waals surface area contributed by atoms with E-state index < -0.39 is 0 Å². The highest BCUT2D eigenvalue weighted by Crippen LogP contribution is 2.30. The number of nitrogens with zero attached hydrogens (tertiary/aromatic N) is 3. The van der Waals surface area contributed by atoms with Gasteiger partial charge in [-0.3, -0.25) is 0 Å². The lowest BCUT2D eigenvalue weighted by atomic mass is 10.1. The average Bonchev–Trinajstić information content (AvgIpc) is 3.30. The second kappa shape index (κ2) is 7.80. The molecule has 0 spiro atoms. The van der Waals surface area contributed by atoms with E-state index in [0.717, 1.165) is 35.1 Å². The van der Waals surface area contributed by atoms with Crippen molar-refractivity contribution < 1.29 is 4.74 Å². The second-order valence-electron chi connectivity index (χ2n) is 6.36. The predicted molar refractivity (Wildman–Crippen MR) is 112 cm³/mol. The molecule has 3 aromatic heterocycles. The molecule has 4 aromatic rings. The number of hydrogen-bond acceptors (Lipinski definition) is 5. The number of thiophene rings is 1. The Bertz CT molecular complexity index is 1050. The van der Waals surface area contributed by atoms with E-state index in [0.29, 0.717) is 6.61 Å². The number of aromatic nitrogens is 3. The fraction of sp³-hybridized carbons (Fsp3) is 0.238. The molecule has 0 bridgehead atoms. The molecule has 0 aliphatic carbocycles. The number of nitrogens with one attached hydrogen (secondary N) is 1. The van der Waals surface area contributed by atoms with Gasteiger partial charge >= 0.3 is 0 Å². The van der Waals surface area contributed by atoms with Crippen LogP contribution < -0.4 is 10.1 Å². The minimum atomic E-state index is 0.668. The molecule has 3 heterocycles. The number of ether oxygens (including phenoxy) is 1. The van der Waals surface area contributed by atoms with E-state index in [2.05, 4.69) is 57.4 Å². The zero-order chi connectivity index (χ0) is 18.6. The maximum Gasteiger partial charge on any atom is 0.130 e. The average molecular weight is 379 g/mol. The molecule has 0 saturated carbocycles. The van der Waals surface area contributed by atoms with Crippen molar-refractivity contribution in [1.82, 2.24) is 14.5 Å². The Morgan fingerprint density at radius 3 is 2.96 bits per heavy atom. The van der Waals surface area contributed by atoms with Crippen molar-refractivity contribution >= 4 is 28.1 Å². The smallest absolute Gasteiger partial charge is 0.130 e. The van der Waals surface area contributed by atoms with E-state index in [1.807, 2.05) is 24.4 Å². The predicted octanol–water partition coefficient (Wildman–Crippen LogP) is 4.75. The molecule has 0 aliphatic rings. The fourth-order valence-corrected chi connectivity index (χ4v) is 3.88. The molecule has 0 saturated heterocycles. The van der Waals surface area contributed by atoms with Crippen molar-refractivity contribution in [3.63, 3.8) is 0 Å². The molecule has 4 rings (SSSR count). The van der Waals surface area contributed by atoms with Crippen molar-refractivity contribution in [1.29, 1.82) is 0 Å². The van der Waals surface area contributed by atoms with E-state index >= 15 is 0 Å². The maximum absolute atomic E-state index is 5.53. The van der Waals surface area contributed by atoms with Crippen molar-refractivity contribution in [2.75, 3.05) is 18.5 Å². The van der Waals surface area contributed by atoms with Gasteiger partial charge in [0.05, 0.1) is 17.2 Å². The molecular weight excluding hydrogens is 356 g/mol. The summed E-state index contributed by atoms with van der Waals surface area (Å²) < 4.78 is 7.69. The molecule has 138 valence electrons. The summed E-state index contributed by atoms with van der Waals surface area (Å²) in [5.41, 5.74) is 3.49. The van der Waals surface area contributed by atoms with Gasteiger partial charge in [0.1, 0.15) is 17.9 Å². The van der Waals surface area contributed by atoms with Crippen LogP contribution in [0.15, 0.2) is 54.3 Å². The van der Waals surface area contributed by atoms with Crippen LogP contribution in [-0.2, 0) is 13.5 Å². The first-order valence-electron chi connectivity index (χ1n) is 9.04. The molecule has 0 amide bonds. The summed E-state index contributed by atoms with van der Waals surface area (Å²) in [6.45, 7) is 3.47. The van der Waals surface area contributed by atoms with E-state index in [1.54, 1.807) is 17.7 Å². The summed E-state index contributed by atoms with van der Waals surface area (Å²) in [6, 6.07) is 12.8. The third kappa shape index (κ3) is 3.95. The van der Waals surface area contributed by atoms with Gasteiger partial charge < -0.3 is 14.6 Å². The summed E-state index contributed by atoms with van der Waals surface area (Å²) in [5.74, 6) is 1.73. The van der Waals surface area contributed by atoms with Crippen LogP contribution in [0.1, 0.15) is 12.5 Å². The Hall–Kier alpha value is -2.86. The van der Waals surface area contributed by atoms with Crippen LogP contribution in [0.3, 0.4) is 0 Å². The summed E-state index contributed by atoms with van der Waals surface area (Å²) in [5, 5.41) is 6.69. The maximum atomic E-state index is 5.53. The highest BCUT2D eigenvalue weighted by atomic mass is 32.1. The second-order valence-corrected chi connectivity index (χ2v) is 7.28. The highest BCUT2D eigenvalue weighted by Gasteiger charge is 2.07. The van der Waals surface area contributed by atoms with Crippen LogP contribution >= 0.6 is 11.3 Å². The largest absolute Gasteiger partial charge is 0.493 e. The van der Waals surface area contributed by atoms with E-state index in [9.17, 15) is 0 Å². The Kier molecular flexibility index (Phi) is 5.07. The quantitative estimate of drug-likeness (QED) is 0.504. The van der Waals surface area contributed by atoms with Gasteiger partial charge in [-0.2, -0.15) is 0 Å². The first-order chi connectivity index (χ1) is 13.2. The zero-order valence-electron chi connectivity index (χ0n) is 15.5. The lowest BCUT2D eigenvalue weighted by Gasteiger charge is -2.07. The lowest BCUT2D eigenvalue weighted by molar-refractivity contribution is 0.342. The third-order valence-electron chi connectivity index (χ3n) is 4.48. The van der Waals surface area contributed by atoms with Gasteiger partial charge in [0.25, 0.3) is 0 Å². The van der Waals surface area contributed by atoms with Gasteiger partial charge in [-0.1, -0.05) is 12.1 Å². The molecule has 1 N–H and O–H groups in total. The summed E-state index contributed by atoms with van der Waals surface area (Å²) >= 11 is 1.63. The topological polar surface area (TPSA) is 52.0 Å². The van der Waals surface area contributed by atoms with Gasteiger partial charge in [0.2, 0.25) is 0 Å². The van der Waals surface area contributed by atoms with Crippen LogP contribution in [0.2, 0.25) is 0 Å². The van der Waals surface area contributed by atoms with Gasteiger partial charge in [-0.25, -0.2) is 9.97 Å². The van der Waals surface area contributed by atoms with Gasteiger partial charge in [-0.15, -0.1) is 11.3 Å². The van der Waals surface area contributed by atoms with E-state index in [4.69, 9.17) is 4.74 Å². The number of hydrogen-bond donors (Lipinski definition) is 1. The molecule has 1 aromatic carbocycles. The van der Waals surface area contributed by atoms with Crippen LogP contribution in [-0.4, -0.2) is 27.7 Å².